The van der Waals surface area contributed by atoms with Gasteiger partial charge < -0.3 is 19.9 Å². The zero-order valence-corrected chi connectivity index (χ0v) is 18.3. The highest BCUT2D eigenvalue weighted by molar-refractivity contribution is 5.98. The molecule has 0 fully saturated rings. The highest BCUT2D eigenvalue weighted by Crippen LogP contribution is 2.54. The third kappa shape index (κ3) is 2.44. The predicted octanol–water partition coefficient (Wildman–Crippen LogP) is 3.92. The topological polar surface area (TPSA) is 55.3 Å². The molecule has 1 aromatic heterocycles. The van der Waals surface area contributed by atoms with E-state index < -0.39 is 11.1 Å². The van der Waals surface area contributed by atoms with Crippen LogP contribution in [-0.2, 0) is 17.4 Å². The zero-order valence-electron chi connectivity index (χ0n) is 18.3. The van der Waals surface area contributed by atoms with Crippen LogP contribution in [0.4, 0.5) is 0 Å². The molecule has 1 aliphatic heterocycles. The van der Waals surface area contributed by atoms with Gasteiger partial charge in [-0.25, -0.2) is 4.79 Å². The summed E-state index contributed by atoms with van der Waals surface area (Å²) in [5, 5.41) is 7.87. The molecule has 2 aliphatic rings. The van der Waals surface area contributed by atoms with Crippen molar-refractivity contribution in [1.82, 2.24) is 15.2 Å². The van der Waals surface area contributed by atoms with Crippen LogP contribution in [0.15, 0.2) is 72.5 Å². The van der Waals surface area contributed by atoms with Crippen molar-refractivity contribution in [2.45, 2.75) is 24.5 Å². The van der Waals surface area contributed by atoms with E-state index >= 15 is 0 Å². The lowest BCUT2D eigenvalue weighted by Crippen LogP contribution is -2.60. The maximum absolute atomic E-state index is 13.2. The Kier molecular flexibility index (Phi) is 4.34. The summed E-state index contributed by atoms with van der Waals surface area (Å²) < 4.78 is 8.68. The first-order valence-corrected chi connectivity index (χ1v) is 10.6. The average molecular weight is 414 g/mol. The van der Waals surface area contributed by atoms with E-state index in [1.165, 1.54) is 0 Å². The van der Waals surface area contributed by atoms with Gasteiger partial charge >= 0.3 is 5.97 Å². The summed E-state index contributed by atoms with van der Waals surface area (Å²) in [7, 11) is 5.93. The van der Waals surface area contributed by atoms with Crippen molar-refractivity contribution < 1.29 is 9.53 Å². The van der Waals surface area contributed by atoms with Crippen molar-refractivity contribution in [3.05, 3.63) is 94.8 Å². The van der Waals surface area contributed by atoms with Crippen LogP contribution in [-0.4, -0.2) is 30.2 Å². The molecule has 0 saturated carbocycles. The van der Waals surface area contributed by atoms with Crippen LogP contribution in [0.25, 0.3) is 10.9 Å². The molecule has 2 aromatic carbocycles. The molecule has 0 amide bonds. The van der Waals surface area contributed by atoms with Crippen LogP contribution in [0.2, 0.25) is 0 Å². The fourth-order valence-corrected chi connectivity index (χ4v) is 5.37. The number of allylic oxidation sites excluding steroid dienone is 1. The number of aryl methyl sites for hydroxylation is 1. The van der Waals surface area contributed by atoms with Crippen molar-refractivity contribution in [1.29, 1.82) is 0 Å². The Morgan fingerprint density at radius 1 is 1.06 bits per heavy atom. The Balaban J connectivity index is 1.91. The highest BCUT2D eigenvalue weighted by atomic mass is 16.6. The van der Waals surface area contributed by atoms with Gasteiger partial charge in [0.25, 0.3) is 0 Å². The molecule has 2 heterocycles. The fourth-order valence-electron chi connectivity index (χ4n) is 5.37. The number of aromatic nitrogens is 1. The van der Waals surface area contributed by atoms with E-state index in [0.29, 0.717) is 12.0 Å². The molecule has 0 bridgehead atoms. The second-order valence-electron chi connectivity index (χ2n) is 8.32. The summed E-state index contributed by atoms with van der Waals surface area (Å²) in [4.78, 5) is 13.2. The van der Waals surface area contributed by atoms with Crippen LogP contribution in [0.5, 0.6) is 0 Å². The Morgan fingerprint density at radius 3 is 2.52 bits per heavy atom. The second-order valence-corrected chi connectivity index (χ2v) is 8.32. The van der Waals surface area contributed by atoms with Gasteiger partial charge in [-0.3, -0.25) is 0 Å². The Labute approximate surface area is 182 Å². The second kappa shape index (κ2) is 6.86. The number of fused-ring (bicyclic) bond motifs is 2. The van der Waals surface area contributed by atoms with Gasteiger partial charge in [0.15, 0.2) is 5.60 Å². The maximum atomic E-state index is 13.2. The third-order valence-electron chi connectivity index (χ3n) is 7.08. The molecule has 5 nitrogen and oxygen atoms in total. The van der Waals surface area contributed by atoms with Gasteiger partial charge in [0.05, 0.1) is 11.1 Å². The molecule has 158 valence electrons. The molecule has 5 heteroatoms. The number of para-hydroxylation sites is 1. The number of hydrogen-bond donors (Lipinski definition) is 2. The highest BCUT2D eigenvalue weighted by Gasteiger charge is 2.61. The van der Waals surface area contributed by atoms with Crippen molar-refractivity contribution >= 4 is 16.9 Å². The quantitative estimate of drug-likeness (QED) is 0.637. The predicted molar refractivity (Wildman–Crippen MR) is 123 cm³/mol. The zero-order chi connectivity index (χ0) is 21.8. The van der Waals surface area contributed by atoms with Gasteiger partial charge in [0.2, 0.25) is 0 Å². The van der Waals surface area contributed by atoms with Gasteiger partial charge in [-0.05, 0) is 38.6 Å². The van der Waals surface area contributed by atoms with Crippen molar-refractivity contribution in [3.63, 3.8) is 0 Å². The molecule has 2 N–H and O–H groups in total. The molecular formula is C26H27N3O2. The van der Waals surface area contributed by atoms with E-state index in [1.54, 1.807) is 0 Å². The van der Waals surface area contributed by atoms with Gasteiger partial charge in [0, 0.05) is 47.5 Å². The molecule has 2 unspecified atom stereocenters. The first-order chi connectivity index (χ1) is 15.0. The minimum atomic E-state index is -1.01. The van der Waals surface area contributed by atoms with Crippen LogP contribution < -0.4 is 10.6 Å². The number of rotatable bonds is 4. The maximum Gasteiger partial charge on any atom is 0.339 e. The molecule has 31 heavy (non-hydrogen) atoms. The van der Waals surface area contributed by atoms with Gasteiger partial charge in [0.1, 0.15) is 0 Å². The fraction of sp³-hybridized carbons (Fsp3) is 0.269. The van der Waals surface area contributed by atoms with Crippen LogP contribution in [0.3, 0.4) is 0 Å². The molecule has 0 spiro atoms. The Hall–Kier alpha value is -3.31. The molecular weight excluding hydrogens is 386 g/mol. The van der Waals surface area contributed by atoms with Gasteiger partial charge in [-0.1, -0.05) is 48.6 Å². The first-order valence-electron chi connectivity index (χ1n) is 10.6. The lowest BCUT2D eigenvalue weighted by Gasteiger charge is -2.47. The Bertz CT molecular complexity index is 1270. The van der Waals surface area contributed by atoms with E-state index in [0.717, 1.165) is 33.4 Å². The van der Waals surface area contributed by atoms with Gasteiger partial charge in [-0.2, -0.15) is 0 Å². The number of likely N-dealkylation sites (N-methyl/N-ethyl adjacent to an activating group) is 2. The number of nitrogens with one attached hydrogen (secondary N) is 2. The monoisotopic (exact) mass is 413 g/mol. The van der Waals surface area contributed by atoms with E-state index in [2.05, 4.69) is 59.5 Å². The largest absolute Gasteiger partial charge is 0.443 e. The molecule has 5 rings (SSSR count). The van der Waals surface area contributed by atoms with Crippen LogP contribution in [0, 0.1) is 6.92 Å². The van der Waals surface area contributed by atoms with E-state index in [1.807, 2.05) is 50.5 Å². The minimum absolute atomic E-state index is 0.283. The number of benzene rings is 2. The summed E-state index contributed by atoms with van der Waals surface area (Å²) in [5.74, 6) is -0.283. The third-order valence-corrected chi connectivity index (χ3v) is 7.08. The standard InChI is InChI=1S/C26H27N3O2/c1-17-23(20-10-6-8-12-22(20)29(17)4)26(21-11-7-5-9-19(21)24(30)31-26)25(28-3)15-13-18(27-2)14-16-25/h5-15,27-28H,16H2,1-4H3. The smallest absolute Gasteiger partial charge is 0.339 e. The van der Waals surface area contributed by atoms with Crippen LogP contribution >= 0.6 is 0 Å². The molecule has 3 aromatic rings. The number of carbonyl (C=O) groups excluding carboxylic acids is 1. The SMILES string of the molecule is CNC1=CCC(NC)(C2(c3c(C)n(C)c4ccccc34)OC(=O)c3ccccc32)C=C1. The van der Waals surface area contributed by atoms with Gasteiger partial charge in [-0.15, -0.1) is 0 Å². The summed E-state index contributed by atoms with van der Waals surface area (Å²) in [6, 6.07) is 16.1. The van der Waals surface area contributed by atoms with Crippen LogP contribution in [0.1, 0.15) is 33.6 Å². The summed E-state index contributed by atoms with van der Waals surface area (Å²) in [6.45, 7) is 2.11. The summed E-state index contributed by atoms with van der Waals surface area (Å²) in [5.41, 5.74) is 4.15. The lowest BCUT2D eigenvalue weighted by molar-refractivity contribution is -0.0242. The normalized spacial score (nSPS) is 24.8. The minimum Gasteiger partial charge on any atom is -0.443 e. The molecule has 0 radical (unpaired) electrons. The average Bonchev–Trinajstić information content (AvgIpc) is 3.26. The summed E-state index contributed by atoms with van der Waals surface area (Å²) in [6.07, 6.45) is 7.04. The van der Waals surface area contributed by atoms with E-state index in [-0.39, 0.29) is 5.97 Å². The van der Waals surface area contributed by atoms with Crippen molar-refractivity contribution in [2.24, 2.45) is 7.05 Å². The van der Waals surface area contributed by atoms with Crippen molar-refractivity contribution in [2.75, 3.05) is 14.1 Å². The first kappa shape index (κ1) is 19.6. The number of esters is 1. The molecule has 2 atom stereocenters. The number of hydrogen-bond acceptors (Lipinski definition) is 4. The lowest BCUT2D eigenvalue weighted by atomic mass is 9.66. The van der Waals surface area contributed by atoms with Crippen molar-refractivity contribution in [3.8, 4) is 0 Å². The summed E-state index contributed by atoms with van der Waals surface area (Å²) >= 11 is 0. The molecule has 1 aliphatic carbocycles. The van der Waals surface area contributed by atoms with E-state index in [9.17, 15) is 4.79 Å². The number of nitrogens with zero attached hydrogens (tertiary/aromatic N) is 1. The number of carbonyl (C=O) groups is 1. The van der Waals surface area contributed by atoms with E-state index in [4.69, 9.17) is 4.74 Å². The Morgan fingerprint density at radius 2 is 1.81 bits per heavy atom. The number of ether oxygens (including phenoxy) is 1. The molecule has 0 saturated heterocycles. The number of cyclic esters (lactones) is 1.